The number of anilines is 3. The Balaban J connectivity index is 1.46. The van der Waals surface area contributed by atoms with Gasteiger partial charge in [0.2, 0.25) is 5.95 Å². The Labute approximate surface area is 173 Å². The van der Waals surface area contributed by atoms with Gasteiger partial charge in [-0.3, -0.25) is 0 Å². The van der Waals surface area contributed by atoms with Crippen LogP contribution in [0.2, 0.25) is 0 Å². The zero-order valence-electron chi connectivity index (χ0n) is 16.9. The van der Waals surface area contributed by atoms with Crippen molar-refractivity contribution in [1.82, 2.24) is 15.3 Å². The highest BCUT2D eigenvalue weighted by Crippen LogP contribution is 2.22. The van der Waals surface area contributed by atoms with Crippen LogP contribution in [0.1, 0.15) is 38.2 Å². The van der Waals surface area contributed by atoms with E-state index >= 15 is 0 Å². The fourth-order valence-corrected chi connectivity index (χ4v) is 3.80. The van der Waals surface area contributed by atoms with Crippen molar-refractivity contribution in [2.24, 2.45) is 0 Å². The molecule has 0 bridgehead atoms. The Hall–Kier alpha value is -2.41. The smallest absolute Gasteiger partial charge is 0.224 e. The summed E-state index contributed by atoms with van der Waals surface area (Å²) in [5.74, 6) is 1.62. The molecule has 0 spiro atoms. The zero-order valence-corrected chi connectivity index (χ0v) is 17.7. The lowest BCUT2D eigenvalue weighted by molar-refractivity contribution is 0.387. The molecule has 0 radical (unpaired) electrons. The van der Waals surface area contributed by atoms with Crippen molar-refractivity contribution in [3.05, 3.63) is 42.1 Å². The molecule has 1 aliphatic rings. The van der Waals surface area contributed by atoms with Crippen molar-refractivity contribution in [1.29, 1.82) is 0 Å². The third-order valence-electron chi connectivity index (χ3n) is 5.14. The lowest BCUT2D eigenvalue weighted by atomic mass is 9.91. The van der Waals surface area contributed by atoms with Gasteiger partial charge in [-0.2, -0.15) is 4.98 Å². The Bertz CT molecular complexity index is 786. The van der Waals surface area contributed by atoms with Gasteiger partial charge >= 0.3 is 0 Å². The summed E-state index contributed by atoms with van der Waals surface area (Å²) in [6, 6.07) is 11.0. The maximum Gasteiger partial charge on any atom is 0.224 e. The Morgan fingerprint density at radius 2 is 1.82 bits per heavy atom. The van der Waals surface area contributed by atoms with E-state index in [0.29, 0.717) is 23.1 Å². The summed E-state index contributed by atoms with van der Waals surface area (Å²) in [5.41, 5.74) is 2.37. The number of rotatable bonds is 6. The van der Waals surface area contributed by atoms with Crippen LogP contribution in [-0.2, 0) is 6.42 Å². The predicted octanol–water partition coefficient (Wildman–Crippen LogP) is 3.81. The summed E-state index contributed by atoms with van der Waals surface area (Å²) >= 11 is 5.53. The van der Waals surface area contributed by atoms with Crippen molar-refractivity contribution in [2.45, 2.75) is 51.1 Å². The molecule has 0 atom stereocenters. The second-order valence-electron chi connectivity index (χ2n) is 7.43. The molecule has 6 nitrogen and oxygen atoms in total. The van der Waals surface area contributed by atoms with Gasteiger partial charge in [-0.25, -0.2) is 4.98 Å². The van der Waals surface area contributed by atoms with Gasteiger partial charge in [-0.15, -0.1) is 0 Å². The van der Waals surface area contributed by atoms with Crippen molar-refractivity contribution in [2.75, 3.05) is 29.6 Å². The van der Waals surface area contributed by atoms with Crippen molar-refractivity contribution >= 4 is 34.8 Å². The first kappa shape index (κ1) is 20.3. The van der Waals surface area contributed by atoms with Crippen LogP contribution in [-0.4, -0.2) is 41.3 Å². The van der Waals surface area contributed by atoms with Gasteiger partial charge in [0, 0.05) is 38.1 Å². The fourth-order valence-electron chi connectivity index (χ4n) is 3.53. The molecule has 1 aromatic carbocycles. The largest absolute Gasteiger partial charge is 0.363 e. The van der Waals surface area contributed by atoms with Gasteiger partial charge in [0.1, 0.15) is 5.82 Å². The van der Waals surface area contributed by atoms with E-state index in [4.69, 9.17) is 12.2 Å². The highest BCUT2D eigenvalue weighted by Gasteiger charge is 2.22. The summed E-state index contributed by atoms with van der Waals surface area (Å²) in [4.78, 5) is 10.9. The van der Waals surface area contributed by atoms with E-state index in [1.807, 2.05) is 31.1 Å². The third kappa shape index (κ3) is 5.55. The van der Waals surface area contributed by atoms with Gasteiger partial charge in [0.25, 0.3) is 0 Å². The molecule has 0 aliphatic heterocycles. The third-order valence-corrected chi connectivity index (χ3v) is 5.36. The topological polar surface area (TPSA) is 65.1 Å². The number of nitrogens with zero attached hydrogens (tertiary/aromatic N) is 3. The monoisotopic (exact) mass is 398 g/mol. The zero-order chi connectivity index (χ0) is 19.9. The minimum Gasteiger partial charge on any atom is -0.363 e. The lowest BCUT2D eigenvalue weighted by Gasteiger charge is -2.30. The molecule has 2 aromatic rings. The number of nitrogens with one attached hydrogen (secondary N) is 3. The maximum atomic E-state index is 5.53. The van der Waals surface area contributed by atoms with E-state index in [0.717, 1.165) is 43.6 Å². The average molecular weight is 399 g/mol. The molecule has 1 heterocycles. The molecule has 3 N–H and O–H groups in total. The normalized spacial score (nSPS) is 19.0. The predicted molar refractivity (Wildman–Crippen MR) is 121 cm³/mol. The number of hydrogen-bond acceptors (Lipinski definition) is 5. The molecule has 150 valence electrons. The Morgan fingerprint density at radius 1 is 1.11 bits per heavy atom. The molecule has 1 fully saturated rings. The average Bonchev–Trinajstić information content (AvgIpc) is 2.70. The van der Waals surface area contributed by atoms with E-state index in [-0.39, 0.29) is 0 Å². The van der Waals surface area contributed by atoms with E-state index in [2.05, 4.69) is 51.0 Å². The van der Waals surface area contributed by atoms with Crippen LogP contribution in [0.15, 0.2) is 36.5 Å². The van der Waals surface area contributed by atoms with Gasteiger partial charge in [0.15, 0.2) is 5.11 Å². The van der Waals surface area contributed by atoms with Crippen LogP contribution < -0.4 is 20.9 Å². The van der Waals surface area contributed by atoms with Crippen LogP contribution in [0.5, 0.6) is 0 Å². The quantitative estimate of drug-likeness (QED) is 0.639. The molecular weight excluding hydrogens is 368 g/mol. The molecule has 0 unspecified atom stereocenters. The Morgan fingerprint density at radius 3 is 2.54 bits per heavy atom. The number of aromatic nitrogens is 2. The molecule has 1 saturated carbocycles. The molecular formula is C21H30N6S. The van der Waals surface area contributed by atoms with Crippen LogP contribution >= 0.6 is 12.2 Å². The summed E-state index contributed by atoms with van der Waals surface area (Å²) < 4.78 is 0. The minimum atomic E-state index is 0.401. The van der Waals surface area contributed by atoms with Crippen LogP contribution in [0.3, 0.4) is 0 Å². The van der Waals surface area contributed by atoms with Gasteiger partial charge in [-0.1, -0.05) is 25.1 Å². The second kappa shape index (κ2) is 9.68. The van der Waals surface area contributed by atoms with Crippen LogP contribution in [0.4, 0.5) is 17.5 Å². The van der Waals surface area contributed by atoms with E-state index < -0.39 is 0 Å². The number of hydrogen-bond donors (Lipinski definition) is 3. The summed E-state index contributed by atoms with van der Waals surface area (Å²) in [7, 11) is 3.97. The number of para-hydroxylation sites is 1. The summed E-state index contributed by atoms with van der Waals surface area (Å²) in [6.07, 6.45) is 7.07. The van der Waals surface area contributed by atoms with E-state index in [1.54, 1.807) is 6.20 Å². The molecule has 0 saturated heterocycles. The van der Waals surface area contributed by atoms with Gasteiger partial charge in [-0.05, 0) is 62.0 Å². The number of thiocarbonyl (C=S) groups is 1. The molecule has 1 aromatic heterocycles. The second-order valence-corrected chi connectivity index (χ2v) is 7.84. The molecule has 1 aliphatic carbocycles. The molecule has 28 heavy (non-hydrogen) atoms. The first-order valence-corrected chi connectivity index (χ1v) is 10.4. The summed E-state index contributed by atoms with van der Waals surface area (Å²) in [5, 5.41) is 11.0. The van der Waals surface area contributed by atoms with Crippen molar-refractivity contribution < 1.29 is 0 Å². The number of benzene rings is 1. The van der Waals surface area contributed by atoms with Crippen LogP contribution in [0.25, 0.3) is 0 Å². The molecule has 3 rings (SSSR count). The van der Waals surface area contributed by atoms with Crippen molar-refractivity contribution in [3.63, 3.8) is 0 Å². The summed E-state index contributed by atoms with van der Waals surface area (Å²) in [6.45, 7) is 2.16. The van der Waals surface area contributed by atoms with E-state index in [1.165, 1.54) is 5.56 Å². The highest BCUT2D eigenvalue weighted by atomic mass is 32.1. The SMILES string of the molecule is CCc1ccccc1NC(=S)N[C@H]1CC[C@@H](Nc2nccc(N(C)C)n2)CC1. The van der Waals surface area contributed by atoms with Crippen molar-refractivity contribution in [3.8, 4) is 0 Å². The maximum absolute atomic E-state index is 5.53. The lowest BCUT2D eigenvalue weighted by Crippen LogP contribution is -2.42. The number of aryl methyl sites for hydroxylation is 1. The van der Waals surface area contributed by atoms with E-state index in [9.17, 15) is 0 Å². The highest BCUT2D eigenvalue weighted by molar-refractivity contribution is 7.80. The van der Waals surface area contributed by atoms with Crippen LogP contribution in [0, 0.1) is 0 Å². The fraction of sp³-hybridized carbons (Fsp3) is 0.476. The van der Waals surface area contributed by atoms with Gasteiger partial charge < -0.3 is 20.9 Å². The molecule has 0 amide bonds. The first-order valence-electron chi connectivity index (χ1n) is 9.97. The standard InChI is InChI=1S/C21H30N6S/c1-4-15-7-5-6-8-18(15)25-21(28)24-17-11-9-16(10-12-17)23-20-22-14-13-19(26-20)27(2)3/h5-8,13-14,16-17H,4,9-12H2,1-3H3,(H,22,23,26)(H2,24,25,28)/t16-,17+. The van der Waals surface area contributed by atoms with Gasteiger partial charge in [0.05, 0.1) is 0 Å². The first-order chi connectivity index (χ1) is 13.5. The molecule has 7 heteroatoms. The Kier molecular flexibility index (Phi) is 7.03. The minimum absolute atomic E-state index is 0.401.